The number of nitrogens with zero attached hydrogens (tertiary/aromatic N) is 1. The first-order valence-corrected chi connectivity index (χ1v) is 9.09. The van der Waals surface area contributed by atoms with Crippen LogP contribution in [0.2, 0.25) is 0 Å². The third kappa shape index (κ3) is 2.80. The third-order valence-corrected chi connectivity index (χ3v) is 4.90. The molecule has 29 heavy (non-hydrogen) atoms. The van der Waals surface area contributed by atoms with E-state index in [1.165, 1.54) is 12.1 Å². The lowest BCUT2D eigenvalue weighted by Gasteiger charge is -2.27. The lowest BCUT2D eigenvalue weighted by atomic mass is 9.93. The van der Waals surface area contributed by atoms with Gasteiger partial charge in [-0.05, 0) is 60.0 Å². The minimum Gasteiger partial charge on any atom is -0.508 e. The predicted octanol–water partition coefficient (Wildman–Crippen LogP) is 5.14. The van der Waals surface area contributed by atoms with E-state index in [0.29, 0.717) is 33.7 Å². The molecule has 5 nitrogen and oxygen atoms in total. The number of rotatable bonds is 3. The number of phenols is 1. The van der Waals surface area contributed by atoms with E-state index in [1.54, 1.807) is 30.3 Å². The number of carbonyl (C=O) groups is 2. The van der Waals surface area contributed by atoms with E-state index >= 15 is 0 Å². The van der Waals surface area contributed by atoms with Gasteiger partial charge >= 0.3 is 0 Å². The van der Waals surface area contributed by atoms with Gasteiger partial charge in [0.1, 0.15) is 17.2 Å². The van der Waals surface area contributed by atoms with Gasteiger partial charge in [0.25, 0.3) is 11.8 Å². The molecule has 0 atom stereocenters. The van der Waals surface area contributed by atoms with Crippen LogP contribution in [0.3, 0.4) is 0 Å². The summed E-state index contributed by atoms with van der Waals surface area (Å²) in [5.74, 6) is 0.416. The largest absolute Gasteiger partial charge is 0.508 e. The van der Waals surface area contributed by atoms with Gasteiger partial charge in [0, 0.05) is 10.9 Å². The summed E-state index contributed by atoms with van der Waals surface area (Å²) in [5.41, 5.74) is 1.25. The summed E-state index contributed by atoms with van der Waals surface area (Å²) < 4.78 is 5.94. The normalized spacial score (nSPS) is 13.0. The highest BCUT2D eigenvalue weighted by atomic mass is 16.5. The molecule has 0 spiro atoms. The molecule has 4 aromatic carbocycles. The van der Waals surface area contributed by atoms with Crippen LogP contribution in [0.15, 0.2) is 84.9 Å². The molecule has 0 bridgehead atoms. The zero-order chi connectivity index (χ0) is 20.0. The highest BCUT2D eigenvalue weighted by Crippen LogP contribution is 2.36. The Labute approximate surface area is 166 Å². The maximum absolute atomic E-state index is 13.3. The first-order chi connectivity index (χ1) is 14.1. The zero-order valence-corrected chi connectivity index (χ0v) is 15.2. The van der Waals surface area contributed by atoms with Crippen molar-refractivity contribution in [3.8, 4) is 17.2 Å². The number of carbonyl (C=O) groups excluding carboxylic acids is 2. The van der Waals surface area contributed by atoms with Crippen molar-refractivity contribution in [1.29, 1.82) is 0 Å². The summed E-state index contributed by atoms with van der Waals surface area (Å²) in [4.78, 5) is 27.5. The Morgan fingerprint density at radius 1 is 0.690 bits per heavy atom. The van der Waals surface area contributed by atoms with Gasteiger partial charge in [-0.2, -0.15) is 0 Å². The Hall–Kier alpha value is -4.12. The van der Waals surface area contributed by atoms with Crippen LogP contribution in [-0.4, -0.2) is 16.9 Å². The molecule has 1 N–H and O–H groups in total. The Bertz CT molecular complexity index is 1260. The van der Waals surface area contributed by atoms with Gasteiger partial charge in [-0.15, -0.1) is 0 Å². The predicted molar refractivity (Wildman–Crippen MR) is 110 cm³/mol. The fourth-order valence-electron chi connectivity index (χ4n) is 3.60. The molecule has 0 saturated carbocycles. The molecule has 0 unspecified atom stereocenters. The number of aromatic hydroxyl groups is 1. The summed E-state index contributed by atoms with van der Waals surface area (Å²) >= 11 is 0. The number of phenolic OH excluding ortho intramolecular Hbond substituents is 1. The molecule has 140 valence electrons. The van der Waals surface area contributed by atoms with E-state index in [4.69, 9.17) is 4.74 Å². The summed E-state index contributed by atoms with van der Waals surface area (Å²) in [6.07, 6.45) is 0. The average molecular weight is 381 g/mol. The number of para-hydroxylation sites is 1. The van der Waals surface area contributed by atoms with Crippen LogP contribution in [0.4, 0.5) is 5.69 Å². The molecule has 1 heterocycles. The zero-order valence-electron chi connectivity index (χ0n) is 15.2. The highest BCUT2D eigenvalue weighted by Gasteiger charge is 2.34. The van der Waals surface area contributed by atoms with Gasteiger partial charge in [0.2, 0.25) is 0 Å². The topological polar surface area (TPSA) is 66.8 Å². The maximum atomic E-state index is 13.3. The Morgan fingerprint density at radius 2 is 1.41 bits per heavy atom. The minimum absolute atomic E-state index is 0.0618. The van der Waals surface area contributed by atoms with Gasteiger partial charge in [-0.3, -0.25) is 9.59 Å². The second kappa shape index (κ2) is 6.49. The smallest absolute Gasteiger partial charge is 0.266 e. The van der Waals surface area contributed by atoms with E-state index in [0.717, 1.165) is 10.3 Å². The van der Waals surface area contributed by atoms with Crippen molar-refractivity contribution < 1.29 is 19.4 Å². The molecule has 0 fully saturated rings. The second-order valence-corrected chi connectivity index (χ2v) is 6.75. The first-order valence-electron chi connectivity index (χ1n) is 9.09. The number of anilines is 1. The molecule has 0 aliphatic carbocycles. The summed E-state index contributed by atoms with van der Waals surface area (Å²) in [6, 6.07) is 24.1. The van der Waals surface area contributed by atoms with Crippen LogP contribution in [0.25, 0.3) is 10.8 Å². The van der Waals surface area contributed by atoms with Gasteiger partial charge in [-0.25, -0.2) is 4.90 Å². The Kier molecular flexibility index (Phi) is 3.81. The second-order valence-electron chi connectivity index (χ2n) is 6.75. The minimum atomic E-state index is -0.428. The van der Waals surface area contributed by atoms with Gasteiger partial charge < -0.3 is 9.84 Å². The standard InChI is InChI=1S/C24H15NO4/c26-17-11-9-16(10-12-17)25-23(27)20-8-4-5-15-13-19(14-21(22(15)20)24(25)28)29-18-6-2-1-3-7-18/h1-14,26H. The van der Waals surface area contributed by atoms with Crippen molar-refractivity contribution in [2.75, 3.05) is 4.90 Å². The third-order valence-electron chi connectivity index (χ3n) is 4.90. The van der Waals surface area contributed by atoms with Gasteiger partial charge in [0.05, 0.1) is 11.3 Å². The molecule has 4 aromatic rings. The maximum Gasteiger partial charge on any atom is 0.266 e. The van der Waals surface area contributed by atoms with Crippen molar-refractivity contribution in [3.63, 3.8) is 0 Å². The van der Waals surface area contributed by atoms with Gasteiger partial charge in [0.15, 0.2) is 0 Å². The SMILES string of the molecule is O=C1c2cccc3cc(Oc4ccccc4)cc(c23)C(=O)N1c1ccc(O)cc1. The van der Waals surface area contributed by atoms with Crippen molar-refractivity contribution in [3.05, 3.63) is 96.1 Å². The number of benzene rings is 4. The highest BCUT2D eigenvalue weighted by molar-refractivity contribution is 6.35. The summed E-state index contributed by atoms with van der Waals surface area (Å²) in [6.45, 7) is 0. The molecule has 1 aliphatic rings. The number of amides is 2. The Balaban J connectivity index is 1.67. The van der Waals surface area contributed by atoms with Crippen LogP contribution < -0.4 is 9.64 Å². The van der Waals surface area contributed by atoms with Crippen molar-refractivity contribution in [2.45, 2.75) is 0 Å². The molecular formula is C24H15NO4. The Morgan fingerprint density at radius 3 is 2.17 bits per heavy atom. The summed E-state index contributed by atoms with van der Waals surface area (Å²) in [5, 5.41) is 10.9. The molecule has 0 radical (unpaired) electrons. The quantitative estimate of drug-likeness (QED) is 0.499. The molecule has 5 rings (SSSR count). The van der Waals surface area contributed by atoms with Crippen LogP contribution in [0.5, 0.6) is 17.2 Å². The number of hydrogen-bond donors (Lipinski definition) is 1. The molecule has 0 saturated heterocycles. The van der Waals surface area contributed by atoms with Crippen molar-refractivity contribution in [1.82, 2.24) is 0 Å². The van der Waals surface area contributed by atoms with Crippen molar-refractivity contribution in [2.24, 2.45) is 0 Å². The molecule has 0 aromatic heterocycles. The van der Waals surface area contributed by atoms with E-state index in [1.807, 2.05) is 42.5 Å². The average Bonchev–Trinajstić information content (AvgIpc) is 2.74. The van der Waals surface area contributed by atoms with E-state index in [-0.39, 0.29) is 5.75 Å². The van der Waals surface area contributed by atoms with Crippen LogP contribution >= 0.6 is 0 Å². The first kappa shape index (κ1) is 17.0. The van der Waals surface area contributed by atoms with Crippen LogP contribution in [-0.2, 0) is 0 Å². The molecule has 2 amide bonds. The number of ether oxygens (including phenoxy) is 1. The fraction of sp³-hybridized carbons (Fsp3) is 0. The fourth-order valence-corrected chi connectivity index (χ4v) is 3.60. The van der Waals surface area contributed by atoms with Crippen LogP contribution in [0.1, 0.15) is 20.7 Å². The van der Waals surface area contributed by atoms with Crippen LogP contribution in [0, 0.1) is 0 Å². The van der Waals surface area contributed by atoms with Crippen molar-refractivity contribution >= 4 is 28.3 Å². The van der Waals surface area contributed by atoms with Gasteiger partial charge in [-0.1, -0.05) is 30.3 Å². The lowest BCUT2D eigenvalue weighted by Crippen LogP contribution is -2.40. The number of hydrogen-bond acceptors (Lipinski definition) is 4. The van der Waals surface area contributed by atoms with E-state index in [2.05, 4.69) is 0 Å². The molecule has 5 heteroatoms. The number of imide groups is 1. The monoisotopic (exact) mass is 381 g/mol. The molecular weight excluding hydrogens is 366 g/mol. The molecule has 1 aliphatic heterocycles. The van der Waals surface area contributed by atoms with E-state index in [9.17, 15) is 14.7 Å². The lowest BCUT2D eigenvalue weighted by molar-refractivity contribution is 0.0893. The van der Waals surface area contributed by atoms with E-state index < -0.39 is 11.8 Å². The summed E-state index contributed by atoms with van der Waals surface area (Å²) in [7, 11) is 0.